The van der Waals surface area contributed by atoms with Crippen LogP contribution in [0, 0.1) is 10.1 Å². The van der Waals surface area contributed by atoms with Crippen LogP contribution in [0.15, 0.2) is 18.2 Å². The summed E-state index contributed by atoms with van der Waals surface area (Å²) in [6.45, 7) is 4.28. The number of hydrogen-bond acceptors (Lipinski definition) is 7. The first-order chi connectivity index (χ1) is 13.7. The van der Waals surface area contributed by atoms with Crippen LogP contribution in [-0.4, -0.2) is 86.9 Å². The van der Waals surface area contributed by atoms with E-state index in [1.165, 1.54) is 18.4 Å². The Morgan fingerprint density at radius 3 is 2.31 bits per heavy atom. The molecule has 2 heterocycles. The summed E-state index contributed by atoms with van der Waals surface area (Å²) in [5.41, 5.74) is 1.06. The van der Waals surface area contributed by atoms with Crippen LogP contribution >= 0.6 is 0 Å². The number of piperazine rings is 1. The largest absolute Gasteiger partial charge is 0.371 e. The van der Waals surface area contributed by atoms with E-state index < -0.39 is 14.8 Å². The Morgan fingerprint density at radius 1 is 1.07 bits per heavy atom. The maximum Gasteiger partial charge on any atom is 0.270 e. The number of sulfone groups is 1. The number of nitro benzene ring substituents is 1. The van der Waals surface area contributed by atoms with Crippen LogP contribution in [0.5, 0.6) is 0 Å². The third-order valence-electron chi connectivity index (χ3n) is 5.56. The Kier molecular flexibility index (Phi) is 6.74. The zero-order valence-electron chi connectivity index (χ0n) is 16.7. The molecule has 0 N–H and O–H groups in total. The summed E-state index contributed by atoms with van der Waals surface area (Å²) in [6.07, 6.45) is 4.46. The molecule has 0 atom stereocenters. The van der Waals surface area contributed by atoms with E-state index in [1.54, 1.807) is 11.0 Å². The minimum absolute atomic E-state index is 0.0825. The van der Waals surface area contributed by atoms with Gasteiger partial charge < -0.3 is 9.80 Å². The highest BCUT2D eigenvalue weighted by atomic mass is 32.2. The van der Waals surface area contributed by atoms with Gasteiger partial charge in [0, 0.05) is 64.2 Å². The first kappa shape index (κ1) is 21.5. The van der Waals surface area contributed by atoms with Gasteiger partial charge in [-0.05, 0) is 25.3 Å². The fourth-order valence-electron chi connectivity index (χ4n) is 3.86. The molecule has 2 aliphatic heterocycles. The van der Waals surface area contributed by atoms with Crippen molar-refractivity contribution in [3.8, 4) is 0 Å². The van der Waals surface area contributed by atoms with Crippen LogP contribution in [0.4, 0.5) is 11.4 Å². The maximum absolute atomic E-state index is 13.2. The third kappa shape index (κ3) is 5.66. The molecular formula is C19H28N4O5S. The Labute approximate surface area is 171 Å². The maximum atomic E-state index is 13.2. The van der Waals surface area contributed by atoms with Gasteiger partial charge in [0.05, 0.1) is 21.9 Å². The van der Waals surface area contributed by atoms with E-state index in [9.17, 15) is 23.3 Å². The van der Waals surface area contributed by atoms with Crippen LogP contribution in [0.25, 0.3) is 0 Å². The monoisotopic (exact) mass is 424 g/mol. The van der Waals surface area contributed by atoms with Gasteiger partial charge in [-0.25, -0.2) is 8.42 Å². The number of rotatable bonds is 6. The van der Waals surface area contributed by atoms with Gasteiger partial charge in [0.1, 0.15) is 9.84 Å². The number of carbonyl (C=O) groups is 1. The SMILES string of the molecule is CS(=O)(=O)CCN1CCN(C(=O)c2cc([N+](=O)[O-])ccc2N2CCCCC2)CC1. The highest BCUT2D eigenvalue weighted by Gasteiger charge is 2.27. The van der Waals surface area contributed by atoms with Gasteiger partial charge in [-0.3, -0.25) is 19.8 Å². The van der Waals surface area contributed by atoms with Gasteiger partial charge in [-0.2, -0.15) is 0 Å². The molecule has 0 spiro atoms. The van der Waals surface area contributed by atoms with Crippen molar-refractivity contribution in [2.45, 2.75) is 19.3 Å². The predicted octanol–water partition coefficient (Wildman–Crippen LogP) is 1.39. The predicted molar refractivity (Wildman–Crippen MR) is 111 cm³/mol. The zero-order chi connectivity index (χ0) is 21.0. The van der Waals surface area contributed by atoms with E-state index >= 15 is 0 Å². The van der Waals surface area contributed by atoms with Crippen molar-refractivity contribution in [1.82, 2.24) is 9.80 Å². The lowest BCUT2D eigenvalue weighted by Crippen LogP contribution is -2.49. The molecule has 10 heteroatoms. The first-order valence-corrected chi connectivity index (χ1v) is 12.0. The van der Waals surface area contributed by atoms with E-state index in [4.69, 9.17) is 0 Å². The Hall–Kier alpha value is -2.20. The molecule has 0 unspecified atom stereocenters. The molecule has 3 rings (SSSR count). The number of non-ortho nitro benzene ring substituents is 1. The van der Waals surface area contributed by atoms with Crippen molar-refractivity contribution in [3.05, 3.63) is 33.9 Å². The van der Waals surface area contributed by atoms with Gasteiger partial charge in [-0.1, -0.05) is 0 Å². The fraction of sp³-hybridized carbons (Fsp3) is 0.632. The summed E-state index contributed by atoms with van der Waals surface area (Å²) in [5.74, 6) is -0.0951. The van der Waals surface area contributed by atoms with E-state index in [2.05, 4.69) is 4.90 Å². The van der Waals surface area contributed by atoms with Crippen molar-refractivity contribution in [3.63, 3.8) is 0 Å². The quantitative estimate of drug-likeness (QED) is 0.502. The number of carbonyl (C=O) groups excluding carboxylic acids is 1. The van der Waals surface area contributed by atoms with E-state index in [0.717, 1.165) is 38.0 Å². The zero-order valence-corrected chi connectivity index (χ0v) is 17.6. The summed E-state index contributed by atoms with van der Waals surface area (Å²) in [7, 11) is -3.02. The molecule has 2 saturated heterocycles. The van der Waals surface area contributed by atoms with Crippen molar-refractivity contribution >= 4 is 27.1 Å². The van der Waals surface area contributed by atoms with Gasteiger partial charge in [0.2, 0.25) is 0 Å². The van der Waals surface area contributed by atoms with Crippen LogP contribution in [0.2, 0.25) is 0 Å². The highest BCUT2D eigenvalue weighted by Crippen LogP contribution is 2.29. The van der Waals surface area contributed by atoms with E-state index in [-0.39, 0.29) is 17.3 Å². The smallest absolute Gasteiger partial charge is 0.270 e. The summed E-state index contributed by atoms with van der Waals surface area (Å²) >= 11 is 0. The molecule has 1 amide bonds. The normalized spacial score (nSPS) is 18.7. The molecule has 1 aromatic carbocycles. The molecule has 0 aliphatic carbocycles. The molecule has 2 fully saturated rings. The molecule has 160 valence electrons. The number of anilines is 1. The summed E-state index contributed by atoms with van der Waals surface area (Å²) < 4.78 is 22.7. The number of benzene rings is 1. The average Bonchev–Trinajstić information content (AvgIpc) is 2.71. The van der Waals surface area contributed by atoms with Gasteiger partial charge >= 0.3 is 0 Å². The number of nitro groups is 1. The highest BCUT2D eigenvalue weighted by molar-refractivity contribution is 7.90. The van der Waals surface area contributed by atoms with Crippen LogP contribution < -0.4 is 4.90 Å². The lowest BCUT2D eigenvalue weighted by atomic mass is 10.0. The van der Waals surface area contributed by atoms with E-state index in [1.807, 2.05) is 4.90 Å². The number of amides is 1. The number of hydrogen-bond donors (Lipinski definition) is 0. The molecule has 1 aromatic rings. The molecule has 0 bridgehead atoms. The van der Waals surface area contributed by atoms with Crippen molar-refractivity contribution in [2.75, 3.05) is 62.7 Å². The molecule has 0 radical (unpaired) electrons. The summed E-state index contributed by atoms with van der Waals surface area (Å²) in [5, 5.41) is 11.2. The summed E-state index contributed by atoms with van der Waals surface area (Å²) in [4.78, 5) is 29.9. The van der Waals surface area contributed by atoms with Gasteiger partial charge in [-0.15, -0.1) is 0 Å². The number of nitrogens with zero attached hydrogens (tertiary/aromatic N) is 4. The lowest BCUT2D eigenvalue weighted by molar-refractivity contribution is -0.384. The Balaban J connectivity index is 1.74. The average molecular weight is 425 g/mol. The van der Waals surface area contributed by atoms with Crippen molar-refractivity contribution < 1.29 is 18.1 Å². The first-order valence-electron chi connectivity index (χ1n) is 9.97. The van der Waals surface area contributed by atoms with Crippen LogP contribution in [-0.2, 0) is 9.84 Å². The lowest BCUT2D eigenvalue weighted by Gasteiger charge is -2.36. The minimum atomic E-state index is -3.02. The van der Waals surface area contributed by atoms with Crippen LogP contribution in [0.1, 0.15) is 29.6 Å². The third-order valence-corrected chi connectivity index (χ3v) is 6.48. The number of piperidine rings is 1. The second kappa shape index (κ2) is 9.08. The molecule has 9 nitrogen and oxygen atoms in total. The van der Waals surface area contributed by atoms with Gasteiger partial charge in [0.15, 0.2) is 0 Å². The second-order valence-corrected chi connectivity index (χ2v) is 10.0. The van der Waals surface area contributed by atoms with Crippen molar-refractivity contribution in [1.29, 1.82) is 0 Å². The fourth-order valence-corrected chi connectivity index (χ4v) is 4.45. The second-order valence-electron chi connectivity index (χ2n) is 7.77. The topological polar surface area (TPSA) is 104 Å². The Bertz CT molecular complexity index is 859. The molecule has 0 aromatic heterocycles. The van der Waals surface area contributed by atoms with E-state index in [0.29, 0.717) is 38.3 Å². The van der Waals surface area contributed by atoms with Gasteiger partial charge in [0.25, 0.3) is 11.6 Å². The standard InChI is InChI=1S/C19H28N4O5S/c1-29(27,28)14-13-20-9-11-22(12-10-20)19(24)17-15-16(23(25)26)5-6-18(17)21-7-3-2-4-8-21/h5-6,15H,2-4,7-14H2,1H3. The molecule has 0 saturated carbocycles. The van der Waals surface area contributed by atoms with Crippen molar-refractivity contribution in [2.24, 2.45) is 0 Å². The molecular weight excluding hydrogens is 396 g/mol. The Morgan fingerprint density at radius 2 is 1.72 bits per heavy atom. The summed E-state index contributed by atoms with van der Waals surface area (Å²) in [6, 6.07) is 4.55. The molecule has 2 aliphatic rings. The minimum Gasteiger partial charge on any atom is -0.371 e. The molecule has 29 heavy (non-hydrogen) atoms. The van der Waals surface area contributed by atoms with Crippen LogP contribution in [0.3, 0.4) is 0 Å².